The first-order valence-electron chi connectivity index (χ1n) is 14.5. The summed E-state index contributed by atoms with van der Waals surface area (Å²) in [4.78, 5) is 77.3. The van der Waals surface area contributed by atoms with Gasteiger partial charge in [-0.25, -0.2) is 0 Å². The number of aliphatic hydroxyl groups excluding tert-OH is 2. The molecule has 0 unspecified atom stereocenters. The van der Waals surface area contributed by atoms with Crippen molar-refractivity contribution in [1.29, 1.82) is 0 Å². The zero-order chi connectivity index (χ0) is 34.1. The number of nitrogens with zero attached hydrogens (tertiary/aromatic N) is 6. The summed E-state index contributed by atoms with van der Waals surface area (Å²) in [6.45, 7) is 1.05. The number of aliphatic hydroxyl groups is 2. The average molecular weight is 669 g/mol. The molecule has 248 valence electrons. The maximum Gasteiger partial charge on any atom is 0.283 e. The Morgan fingerprint density at radius 1 is 0.638 bits per heavy atom. The van der Waals surface area contributed by atoms with Crippen molar-refractivity contribution in [2.45, 2.75) is 9.79 Å². The summed E-state index contributed by atoms with van der Waals surface area (Å²) in [7, 11) is 0. The van der Waals surface area contributed by atoms with E-state index in [2.05, 4.69) is 0 Å². The number of amides is 4. The van der Waals surface area contributed by atoms with Gasteiger partial charge in [-0.2, -0.15) is 0 Å². The summed E-state index contributed by atoms with van der Waals surface area (Å²) in [6.07, 6.45) is 5.40. The van der Waals surface area contributed by atoms with Crippen LogP contribution in [0.4, 0.5) is 11.4 Å². The number of rotatable bonds is 10. The van der Waals surface area contributed by atoms with Crippen LogP contribution in [0.2, 0.25) is 0 Å². The first-order valence-corrected chi connectivity index (χ1v) is 15.3. The van der Waals surface area contributed by atoms with Crippen LogP contribution in [0.5, 0.6) is 0 Å². The molecule has 4 amide bonds. The Bertz CT molecular complexity index is 1500. The second-order valence-corrected chi connectivity index (χ2v) is 11.5. The highest BCUT2D eigenvalue weighted by atomic mass is 32.2. The molecular formula is C30H32N6O10S. The second kappa shape index (κ2) is 15.9. The quantitative estimate of drug-likeness (QED) is 0.207. The van der Waals surface area contributed by atoms with Crippen LogP contribution in [-0.4, -0.2) is 129 Å². The predicted molar refractivity (Wildman–Crippen MR) is 169 cm³/mol. The van der Waals surface area contributed by atoms with Gasteiger partial charge in [0.1, 0.15) is 13.2 Å². The second-order valence-electron chi connectivity index (χ2n) is 10.5. The van der Waals surface area contributed by atoms with Gasteiger partial charge in [0.2, 0.25) is 23.6 Å². The summed E-state index contributed by atoms with van der Waals surface area (Å²) in [5.74, 6) is -1.51. The zero-order valence-corrected chi connectivity index (χ0v) is 25.9. The van der Waals surface area contributed by atoms with E-state index >= 15 is 0 Å². The Hall–Kier alpha value is -5.13. The molecule has 47 heavy (non-hydrogen) atoms. The van der Waals surface area contributed by atoms with Gasteiger partial charge in [0.15, 0.2) is 0 Å². The van der Waals surface area contributed by atoms with E-state index in [0.29, 0.717) is 11.1 Å². The van der Waals surface area contributed by atoms with Gasteiger partial charge in [-0.15, -0.1) is 0 Å². The number of carbonyl (C=O) groups excluding carboxylic acids is 4. The van der Waals surface area contributed by atoms with Crippen molar-refractivity contribution in [1.82, 2.24) is 19.6 Å². The van der Waals surface area contributed by atoms with E-state index in [4.69, 9.17) is 10.2 Å². The molecule has 0 aromatic heterocycles. The molecule has 4 rings (SSSR count). The highest BCUT2D eigenvalue weighted by Crippen LogP contribution is 2.40. The SMILES string of the molecule is O=C(/C=C/c1ccc(Sc2ccc(/C=C/C(=O)N3CCN(C(=O)CO)CC3)cc2[N+](=O)[O-])c([N+](=O)[O-])c1)N1CCN(C(=O)CO)CC1. The van der Waals surface area contributed by atoms with Crippen LogP contribution in [0.1, 0.15) is 11.1 Å². The first kappa shape index (κ1) is 34.7. The lowest BCUT2D eigenvalue weighted by atomic mass is 10.2. The van der Waals surface area contributed by atoms with Crippen molar-refractivity contribution >= 4 is 58.9 Å². The molecule has 2 fully saturated rings. The normalized spacial score (nSPS) is 15.4. The van der Waals surface area contributed by atoms with Crippen LogP contribution in [0.25, 0.3) is 12.2 Å². The number of nitro groups is 2. The van der Waals surface area contributed by atoms with E-state index in [1.807, 2.05) is 0 Å². The third-order valence-electron chi connectivity index (χ3n) is 7.57. The molecule has 16 nitrogen and oxygen atoms in total. The Balaban J connectivity index is 1.43. The number of nitro benzene ring substituents is 2. The maximum absolute atomic E-state index is 12.6. The third kappa shape index (κ3) is 8.99. The average Bonchev–Trinajstić information content (AvgIpc) is 3.09. The summed E-state index contributed by atoms with van der Waals surface area (Å²) in [5, 5.41) is 41.8. The number of carbonyl (C=O) groups is 4. The highest BCUT2D eigenvalue weighted by molar-refractivity contribution is 7.99. The molecular weight excluding hydrogens is 636 g/mol. The summed E-state index contributed by atoms with van der Waals surface area (Å²) < 4.78 is 0. The van der Waals surface area contributed by atoms with Crippen molar-refractivity contribution in [2.75, 3.05) is 65.6 Å². The van der Waals surface area contributed by atoms with Crippen molar-refractivity contribution in [2.24, 2.45) is 0 Å². The predicted octanol–water partition coefficient (Wildman–Crippen LogP) is 1.01. The number of hydrogen-bond acceptors (Lipinski definition) is 11. The minimum absolute atomic E-state index is 0.142. The molecule has 2 heterocycles. The Morgan fingerprint density at radius 2 is 0.979 bits per heavy atom. The van der Waals surface area contributed by atoms with Gasteiger partial charge < -0.3 is 29.8 Å². The maximum atomic E-state index is 12.6. The molecule has 0 atom stereocenters. The van der Waals surface area contributed by atoms with Crippen LogP contribution in [-0.2, 0) is 19.2 Å². The smallest absolute Gasteiger partial charge is 0.283 e. The Labute approximate surface area is 272 Å². The first-order chi connectivity index (χ1) is 22.5. The number of piperazine rings is 2. The van der Waals surface area contributed by atoms with Gasteiger partial charge in [-0.3, -0.25) is 39.4 Å². The van der Waals surface area contributed by atoms with E-state index in [1.54, 1.807) is 12.1 Å². The summed E-state index contributed by atoms with van der Waals surface area (Å²) >= 11 is 0.836. The molecule has 2 aliphatic heterocycles. The van der Waals surface area contributed by atoms with E-state index < -0.39 is 34.9 Å². The number of benzene rings is 2. The minimum atomic E-state index is -0.618. The molecule has 0 bridgehead atoms. The van der Waals surface area contributed by atoms with E-state index in [1.165, 1.54) is 68.2 Å². The molecule has 2 N–H and O–H groups in total. The highest BCUT2D eigenvalue weighted by Gasteiger charge is 2.25. The van der Waals surface area contributed by atoms with Crippen LogP contribution in [0, 0.1) is 20.2 Å². The fraction of sp³-hybridized carbons (Fsp3) is 0.333. The fourth-order valence-electron chi connectivity index (χ4n) is 4.95. The van der Waals surface area contributed by atoms with Gasteiger partial charge in [0.05, 0.1) is 19.6 Å². The summed E-state index contributed by atoms with van der Waals surface area (Å²) in [6, 6.07) is 8.50. The van der Waals surface area contributed by atoms with Crippen LogP contribution >= 0.6 is 11.8 Å². The fourth-order valence-corrected chi connectivity index (χ4v) is 5.94. The topological polar surface area (TPSA) is 208 Å². The molecule has 0 saturated carbocycles. The molecule has 2 aliphatic rings. The number of hydrogen-bond donors (Lipinski definition) is 2. The van der Waals surface area contributed by atoms with E-state index in [9.17, 15) is 39.4 Å². The molecule has 0 spiro atoms. The van der Waals surface area contributed by atoms with Gasteiger partial charge in [-0.05, 0) is 35.4 Å². The minimum Gasteiger partial charge on any atom is -0.387 e. The Kier molecular flexibility index (Phi) is 11.8. The third-order valence-corrected chi connectivity index (χ3v) is 8.70. The largest absolute Gasteiger partial charge is 0.387 e. The molecule has 17 heteroatoms. The molecule has 0 radical (unpaired) electrons. The van der Waals surface area contributed by atoms with Crippen molar-refractivity contribution in [3.8, 4) is 0 Å². The lowest BCUT2D eigenvalue weighted by molar-refractivity contribution is -0.388. The van der Waals surface area contributed by atoms with Crippen molar-refractivity contribution in [3.05, 3.63) is 79.9 Å². The van der Waals surface area contributed by atoms with Crippen molar-refractivity contribution in [3.63, 3.8) is 0 Å². The molecule has 0 aliphatic carbocycles. The molecule has 2 saturated heterocycles. The van der Waals surface area contributed by atoms with Crippen LogP contribution in [0.15, 0.2) is 58.3 Å². The van der Waals surface area contributed by atoms with Gasteiger partial charge in [0, 0.05) is 76.6 Å². The molecule has 2 aromatic rings. The van der Waals surface area contributed by atoms with E-state index in [0.717, 1.165) is 11.8 Å². The van der Waals surface area contributed by atoms with Gasteiger partial charge >= 0.3 is 0 Å². The lowest BCUT2D eigenvalue weighted by Crippen LogP contribution is -2.50. The monoisotopic (exact) mass is 668 g/mol. The van der Waals surface area contributed by atoms with Gasteiger partial charge in [0.25, 0.3) is 11.4 Å². The van der Waals surface area contributed by atoms with Crippen molar-refractivity contribution < 1.29 is 39.2 Å². The standard InChI is InChI=1S/C30H32N6O10S/c37-19-29(41)33-13-9-31(10-14-33)27(39)7-3-21-1-5-25(23(17-21)35(43)44)47-26-6-2-22(18-24(26)36(45)46)4-8-28(40)32-11-15-34(16-12-32)30(42)20-38/h1-8,17-18,37-38H,9-16,19-20H2/b7-3+,8-4+. The Morgan fingerprint density at radius 3 is 1.30 bits per heavy atom. The summed E-state index contributed by atoms with van der Waals surface area (Å²) in [5.41, 5.74) is 0.102. The molecule has 2 aromatic carbocycles. The van der Waals surface area contributed by atoms with E-state index in [-0.39, 0.29) is 85.3 Å². The van der Waals surface area contributed by atoms with Crippen LogP contribution < -0.4 is 0 Å². The lowest BCUT2D eigenvalue weighted by Gasteiger charge is -2.33. The van der Waals surface area contributed by atoms with Crippen LogP contribution in [0.3, 0.4) is 0 Å². The zero-order valence-electron chi connectivity index (χ0n) is 25.1. The van der Waals surface area contributed by atoms with Gasteiger partial charge in [-0.1, -0.05) is 23.9 Å².